The van der Waals surface area contributed by atoms with E-state index >= 15 is 0 Å². The second-order valence-electron chi connectivity index (χ2n) is 4.35. The minimum atomic E-state index is 0.505. The van der Waals surface area contributed by atoms with Crippen LogP contribution in [0.2, 0.25) is 5.02 Å². The second kappa shape index (κ2) is 10.9. The summed E-state index contributed by atoms with van der Waals surface area (Å²) < 4.78 is 16.0. The van der Waals surface area contributed by atoms with Crippen molar-refractivity contribution in [2.24, 2.45) is 0 Å². The zero-order valence-electron chi connectivity index (χ0n) is 12.3. The van der Waals surface area contributed by atoms with E-state index in [1.165, 1.54) is 0 Å². The van der Waals surface area contributed by atoms with Gasteiger partial charge in [0, 0.05) is 24.2 Å². The molecule has 0 aliphatic heterocycles. The van der Waals surface area contributed by atoms with Gasteiger partial charge in [0.25, 0.3) is 0 Å². The Morgan fingerprint density at radius 1 is 1.15 bits per heavy atom. The molecule has 4 nitrogen and oxygen atoms in total. The van der Waals surface area contributed by atoms with Gasteiger partial charge in [-0.2, -0.15) is 0 Å². The summed E-state index contributed by atoms with van der Waals surface area (Å²) >= 11 is 6.22. The molecule has 0 aliphatic carbocycles. The Balaban J connectivity index is 2.41. The third kappa shape index (κ3) is 6.57. The molecule has 1 rings (SSSR count). The van der Waals surface area contributed by atoms with E-state index in [2.05, 4.69) is 12.2 Å². The van der Waals surface area contributed by atoms with Crippen molar-refractivity contribution in [2.75, 3.05) is 40.1 Å². The maximum atomic E-state index is 6.22. The molecule has 20 heavy (non-hydrogen) atoms. The van der Waals surface area contributed by atoms with Crippen LogP contribution in [0.4, 0.5) is 0 Å². The van der Waals surface area contributed by atoms with Crippen LogP contribution in [0, 0.1) is 0 Å². The van der Waals surface area contributed by atoms with Crippen molar-refractivity contribution in [1.82, 2.24) is 5.32 Å². The smallest absolute Gasteiger partial charge is 0.125 e. The quantitative estimate of drug-likeness (QED) is 0.638. The van der Waals surface area contributed by atoms with Gasteiger partial charge in [-0.15, -0.1) is 0 Å². The molecular formula is C15H24ClNO3. The predicted octanol–water partition coefficient (Wildman–Crippen LogP) is 2.88. The first-order valence-corrected chi connectivity index (χ1v) is 7.35. The van der Waals surface area contributed by atoms with Crippen LogP contribution in [-0.2, 0) is 16.0 Å². The zero-order chi connectivity index (χ0) is 14.6. The summed E-state index contributed by atoms with van der Waals surface area (Å²) in [5.41, 5.74) is 1.000. The molecule has 0 aromatic heterocycles. The first kappa shape index (κ1) is 17.2. The van der Waals surface area contributed by atoms with Crippen molar-refractivity contribution in [2.45, 2.75) is 19.9 Å². The first-order valence-electron chi connectivity index (χ1n) is 6.97. The molecule has 0 saturated heterocycles. The van der Waals surface area contributed by atoms with Gasteiger partial charge in [-0.3, -0.25) is 0 Å². The molecule has 0 heterocycles. The van der Waals surface area contributed by atoms with Gasteiger partial charge >= 0.3 is 0 Å². The third-order valence-electron chi connectivity index (χ3n) is 2.72. The molecule has 0 fully saturated rings. The Morgan fingerprint density at radius 3 is 2.70 bits per heavy atom. The van der Waals surface area contributed by atoms with E-state index in [0.29, 0.717) is 33.0 Å². The van der Waals surface area contributed by atoms with Gasteiger partial charge in [0.15, 0.2) is 0 Å². The van der Waals surface area contributed by atoms with Crippen LogP contribution in [0.25, 0.3) is 0 Å². The molecule has 0 atom stereocenters. The van der Waals surface area contributed by atoms with E-state index in [9.17, 15) is 0 Å². The van der Waals surface area contributed by atoms with E-state index in [1.54, 1.807) is 7.11 Å². The van der Waals surface area contributed by atoms with Gasteiger partial charge in [-0.05, 0) is 25.1 Å². The fourth-order valence-corrected chi connectivity index (χ4v) is 1.92. The van der Waals surface area contributed by atoms with Crippen LogP contribution < -0.4 is 10.1 Å². The lowest BCUT2D eigenvalue weighted by Gasteiger charge is -2.13. The molecule has 0 spiro atoms. The van der Waals surface area contributed by atoms with Crippen molar-refractivity contribution in [3.05, 3.63) is 28.8 Å². The largest absolute Gasteiger partial charge is 0.491 e. The lowest BCUT2D eigenvalue weighted by atomic mass is 10.2. The molecule has 1 N–H and O–H groups in total. The average molecular weight is 302 g/mol. The highest BCUT2D eigenvalue weighted by Gasteiger charge is 2.07. The normalized spacial score (nSPS) is 10.8. The molecule has 0 amide bonds. The molecule has 1 aromatic rings. The summed E-state index contributed by atoms with van der Waals surface area (Å²) in [7, 11) is 1.65. The van der Waals surface area contributed by atoms with Crippen LogP contribution >= 0.6 is 11.6 Å². The third-order valence-corrected chi connectivity index (χ3v) is 3.08. The summed E-state index contributed by atoms with van der Waals surface area (Å²) in [6.07, 6.45) is 1.09. The number of nitrogens with one attached hydrogen (secondary N) is 1. The average Bonchev–Trinajstić information content (AvgIpc) is 2.45. The Bertz CT molecular complexity index is 374. The minimum absolute atomic E-state index is 0.505. The minimum Gasteiger partial charge on any atom is -0.491 e. The number of methoxy groups -OCH3 is 1. The van der Waals surface area contributed by atoms with Gasteiger partial charge in [0.2, 0.25) is 0 Å². The highest BCUT2D eigenvalue weighted by atomic mass is 35.5. The van der Waals surface area contributed by atoms with Crippen LogP contribution in [0.1, 0.15) is 18.9 Å². The highest BCUT2D eigenvalue weighted by molar-refractivity contribution is 6.31. The SMILES string of the molecule is CCCNCc1c(Cl)cccc1OCCOCCOC. The molecule has 0 bridgehead atoms. The van der Waals surface area contributed by atoms with Crippen LogP contribution in [0.5, 0.6) is 5.75 Å². The Morgan fingerprint density at radius 2 is 1.95 bits per heavy atom. The van der Waals surface area contributed by atoms with Crippen molar-refractivity contribution in [1.29, 1.82) is 0 Å². The first-order chi connectivity index (χ1) is 9.79. The molecular weight excluding hydrogens is 278 g/mol. The predicted molar refractivity (Wildman–Crippen MR) is 81.6 cm³/mol. The molecule has 0 aliphatic rings. The lowest BCUT2D eigenvalue weighted by molar-refractivity contribution is 0.0542. The molecule has 114 valence electrons. The van der Waals surface area contributed by atoms with E-state index < -0.39 is 0 Å². The summed E-state index contributed by atoms with van der Waals surface area (Å²) in [6.45, 7) is 6.04. The fourth-order valence-electron chi connectivity index (χ4n) is 1.69. The number of halogens is 1. The standard InChI is InChI=1S/C15H24ClNO3/c1-3-7-17-12-13-14(16)5-4-6-15(13)20-11-10-19-9-8-18-2/h4-6,17H,3,7-12H2,1-2H3. The van der Waals surface area contributed by atoms with Gasteiger partial charge < -0.3 is 19.5 Å². The van der Waals surface area contributed by atoms with Crippen LogP contribution in [0.15, 0.2) is 18.2 Å². The van der Waals surface area contributed by atoms with Crippen molar-refractivity contribution in [3.8, 4) is 5.75 Å². The Hall–Kier alpha value is -0.810. The van der Waals surface area contributed by atoms with Gasteiger partial charge in [-0.25, -0.2) is 0 Å². The lowest BCUT2D eigenvalue weighted by Crippen LogP contribution is -2.16. The van der Waals surface area contributed by atoms with Crippen molar-refractivity contribution < 1.29 is 14.2 Å². The fraction of sp³-hybridized carbons (Fsp3) is 0.600. The summed E-state index contributed by atoms with van der Waals surface area (Å²) in [4.78, 5) is 0. The van der Waals surface area contributed by atoms with Gasteiger partial charge in [0.1, 0.15) is 12.4 Å². The second-order valence-corrected chi connectivity index (χ2v) is 4.75. The molecule has 0 saturated carbocycles. The summed E-state index contributed by atoms with van der Waals surface area (Å²) in [5.74, 6) is 0.816. The van der Waals surface area contributed by atoms with Crippen LogP contribution in [0.3, 0.4) is 0 Å². The van der Waals surface area contributed by atoms with E-state index in [0.717, 1.165) is 29.3 Å². The number of benzene rings is 1. The highest BCUT2D eigenvalue weighted by Crippen LogP contribution is 2.26. The van der Waals surface area contributed by atoms with Gasteiger partial charge in [-0.1, -0.05) is 24.6 Å². The Labute approximate surface area is 126 Å². The number of hydrogen-bond donors (Lipinski definition) is 1. The van der Waals surface area contributed by atoms with E-state index in [1.807, 2.05) is 18.2 Å². The van der Waals surface area contributed by atoms with E-state index in [4.69, 9.17) is 25.8 Å². The summed E-state index contributed by atoms with van der Waals surface area (Å²) in [5, 5.41) is 4.07. The Kier molecular flexibility index (Phi) is 9.41. The maximum Gasteiger partial charge on any atom is 0.125 e. The molecule has 1 aromatic carbocycles. The topological polar surface area (TPSA) is 39.7 Å². The molecule has 5 heteroatoms. The van der Waals surface area contributed by atoms with Crippen molar-refractivity contribution in [3.63, 3.8) is 0 Å². The maximum absolute atomic E-state index is 6.22. The van der Waals surface area contributed by atoms with E-state index in [-0.39, 0.29) is 0 Å². The van der Waals surface area contributed by atoms with Gasteiger partial charge in [0.05, 0.1) is 19.8 Å². The van der Waals surface area contributed by atoms with Crippen LogP contribution in [-0.4, -0.2) is 40.1 Å². The van der Waals surface area contributed by atoms with Crippen molar-refractivity contribution >= 4 is 11.6 Å². The summed E-state index contributed by atoms with van der Waals surface area (Å²) in [6, 6.07) is 5.71. The monoisotopic (exact) mass is 301 g/mol. The number of ether oxygens (including phenoxy) is 3. The molecule has 0 unspecified atom stereocenters. The zero-order valence-corrected chi connectivity index (χ0v) is 13.0. The number of rotatable bonds is 11. The molecule has 0 radical (unpaired) electrons. The number of hydrogen-bond acceptors (Lipinski definition) is 4.